The van der Waals surface area contributed by atoms with Crippen LogP contribution in [0.4, 0.5) is 0 Å². The Hall–Kier alpha value is -3.22. The molecule has 5 unspecified atom stereocenters. The number of hydrogen-bond acceptors (Lipinski definition) is 7. The summed E-state index contributed by atoms with van der Waals surface area (Å²) in [5, 5.41) is 16.7. The molecule has 13 nitrogen and oxygen atoms in total. The molecule has 0 bridgehead atoms. The SMILES string of the molecule is CCC(C)C(NC(=O)C(CCC(N)=O)NC(=O)C(CCC(N)=O)NC(=O)C(N)C(C)C)C(=O)O. The Labute approximate surface area is 198 Å². The molecule has 0 aromatic carbocycles. The van der Waals surface area contributed by atoms with Gasteiger partial charge in [0, 0.05) is 12.8 Å². The van der Waals surface area contributed by atoms with Crippen molar-refractivity contribution in [2.75, 3.05) is 0 Å². The minimum absolute atomic E-state index is 0.160. The normalized spacial score (nSPS) is 15.4. The number of carboxylic acid groups (broad SMARTS) is 1. The number of carboxylic acids is 1. The molecule has 5 atom stereocenters. The smallest absolute Gasteiger partial charge is 0.326 e. The Balaban J connectivity index is 5.69. The minimum Gasteiger partial charge on any atom is -0.480 e. The van der Waals surface area contributed by atoms with Crippen molar-refractivity contribution in [3.05, 3.63) is 0 Å². The van der Waals surface area contributed by atoms with Crippen molar-refractivity contribution >= 4 is 35.5 Å². The van der Waals surface area contributed by atoms with Gasteiger partial charge < -0.3 is 38.3 Å². The fourth-order valence-electron chi connectivity index (χ4n) is 2.89. The third kappa shape index (κ3) is 11.1. The average Bonchev–Trinajstić information content (AvgIpc) is 2.75. The number of carbonyl (C=O) groups is 6. The quantitative estimate of drug-likeness (QED) is 0.129. The predicted molar refractivity (Wildman–Crippen MR) is 123 cm³/mol. The van der Waals surface area contributed by atoms with E-state index in [1.807, 2.05) is 0 Å². The van der Waals surface area contributed by atoms with Crippen LogP contribution in [0.5, 0.6) is 0 Å². The van der Waals surface area contributed by atoms with Crippen LogP contribution >= 0.6 is 0 Å². The van der Waals surface area contributed by atoms with Crippen molar-refractivity contribution in [2.24, 2.45) is 29.0 Å². The molecule has 0 radical (unpaired) electrons. The number of aliphatic carboxylic acids is 1. The summed E-state index contributed by atoms with van der Waals surface area (Å²) in [6, 6.07) is -4.72. The Morgan fingerprint density at radius 1 is 0.765 bits per heavy atom. The highest BCUT2D eigenvalue weighted by Crippen LogP contribution is 2.10. The van der Waals surface area contributed by atoms with Crippen LogP contribution in [0.2, 0.25) is 0 Å². The molecule has 0 aliphatic heterocycles. The third-order valence-electron chi connectivity index (χ3n) is 5.42. The molecule has 194 valence electrons. The van der Waals surface area contributed by atoms with E-state index in [1.165, 1.54) is 0 Å². The lowest BCUT2D eigenvalue weighted by Crippen LogP contribution is -2.58. The maximum absolute atomic E-state index is 12.9. The number of rotatable bonds is 16. The first kappa shape index (κ1) is 30.8. The molecule has 10 N–H and O–H groups in total. The molecule has 0 spiro atoms. The molecule has 13 heteroatoms. The highest BCUT2D eigenvalue weighted by Gasteiger charge is 2.32. The van der Waals surface area contributed by atoms with Gasteiger partial charge in [-0.3, -0.25) is 24.0 Å². The molecule has 0 aromatic rings. The van der Waals surface area contributed by atoms with Gasteiger partial charge in [-0.1, -0.05) is 34.1 Å². The number of primary amides is 2. The van der Waals surface area contributed by atoms with Gasteiger partial charge in [-0.2, -0.15) is 0 Å². The van der Waals surface area contributed by atoms with E-state index in [2.05, 4.69) is 16.0 Å². The van der Waals surface area contributed by atoms with Gasteiger partial charge in [0.05, 0.1) is 6.04 Å². The van der Waals surface area contributed by atoms with Gasteiger partial charge in [-0.05, 0) is 24.7 Å². The van der Waals surface area contributed by atoms with Crippen molar-refractivity contribution in [1.29, 1.82) is 0 Å². The molecule has 5 amide bonds. The molecule has 0 heterocycles. The summed E-state index contributed by atoms with van der Waals surface area (Å²) in [5.74, 6) is -5.63. The van der Waals surface area contributed by atoms with Gasteiger partial charge in [-0.15, -0.1) is 0 Å². The maximum atomic E-state index is 12.9. The summed E-state index contributed by atoms with van der Waals surface area (Å²) in [7, 11) is 0. The monoisotopic (exact) mass is 486 g/mol. The first-order valence-electron chi connectivity index (χ1n) is 11.2. The molecule has 0 aliphatic rings. The molecule has 0 saturated carbocycles. The molecule has 34 heavy (non-hydrogen) atoms. The van der Waals surface area contributed by atoms with Crippen LogP contribution in [0.15, 0.2) is 0 Å². The zero-order chi connectivity index (χ0) is 26.6. The van der Waals surface area contributed by atoms with E-state index in [-0.39, 0.29) is 31.6 Å². The number of nitrogens with one attached hydrogen (secondary N) is 3. The van der Waals surface area contributed by atoms with E-state index < -0.39 is 65.6 Å². The summed E-state index contributed by atoms with van der Waals surface area (Å²) in [5.41, 5.74) is 16.1. The molecule has 0 fully saturated rings. The molecule has 0 aliphatic carbocycles. The van der Waals surface area contributed by atoms with Crippen LogP contribution in [0, 0.1) is 11.8 Å². The molecule has 0 saturated heterocycles. The summed E-state index contributed by atoms with van der Waals surface area (Å²) < 4.78 is 0. The van der Waals surface area contributed by atoms with Crippen molar-refractivity contribution in [3.63, 3.8) is 0 Å². The first-order chi connectivity index (χ1) is 15.7. The second-order valence-corrected chi connectivity index (χ2v) is 8.61. The predicted octanol–water partition coefficient (Wildman–Crippen LogP) is -1.91. The van der Waals surface area contributed by atoms with Crippen molar-refractivity contribution in [1.82, 2.24) is 16.0 Å². The van der Waals surface area contributed by atoms with Crippen molar-refractivity contribution in [2.45, 2.75) is 84.0 Å². The fourth-order valence-corrected chi connectivity index (χ4v) is 2.89. The lowest BCUT2D eigenvalue weighted by molar-refractivity contribution is -0.144. The van der Waals surface area contributed by atoms with Crippen LogP contribution in [-0.4, -0.2) is 64.8 Å². The van der Waals surface area contributed by atoms with Gasteiger partial charge in [0.25, 0.3) is 0 Å². The lowest BCUT2D eigenvalue weighted by atomic mass is 9.98. The largest absolute Gasteiger partial charge is 0.480 e. The van der Waals surface area contributed by atoms with Gasteiger partial charge in [0.2, 0.25) is 29.5 Å². The summed E-state index contributed by atoms with van der Waals surface area (Å²) in [4.78, 5) is 72.1. The van der Waals surface area contributed by atoms with Crippen LogP contribution < -0.4 is 33.2 Å². The molecule has 0 rings (SSSR count). The Bertz CT molecular complexity index is 758. The van der Waals surface area contributed by atoms with E-state index in [1.54, 1.807) is 27.7 Å². The first-order valence-corrected chi connectivity index (χ1v) is 11.2. The van der Waals surface area contributed by atoms with Crippen LogP contribution in [0.1, 0.15) is 59.8 Å². The van der Waals surface area contributed by atoms with Crippen LogP contribution in [-0.2, 0) is 28.8 Å². The summed E-state index contributed by atoms with van der Waals surface area (Å²) in [6.45, 7) is 6.82. The van der Waals surface area contributed by atoms with E-state index >= 15 is 0 Å². The second-order valence-electron chi connectivity index (χ2n) is 8.61. The van der Waals surface area contributed by atoms with E-state index in [0.29, 0.717) is 6.42 Å². The zero-order valence-corrected chi connectivity index (χ0v) is 20.1. The highest BCUT2D eigenvalue weighted by molar-refractivity contribution is 5.94. The van der Waals surface area contributed by atoms with Crippen molar-refractivity contribution in [3.8, 4) is 0 Å². The topological polar surface area (TPSA) is 237 Å². The number of hydrogen-bond donors (Lipinski definition) is 7. The highest BCUT2D eigenvalue weighted by atomic mass is 16.4. The van der Waals surface area contributed by atoms with E-state index in [4.69, 9.17) is 17.2 Å². The van der Waals surface area contributed by atoms with Crippen LogP contribution in [0.25, 0.3) is 0 Å². The third-order valence-corrected chi connectivity index (χ3v) is 5.42. The Morgan fingerprint density at radius 2 is 1.18 bits per heavy atom. The maximum Gasteiger partial charge on any atom is 0.326 e. The lowest BCUT2D eigenvalue weighted by Gasteiger charge is -2.26. The summed E-state index contributed by atoms with van der Waals surface area (Å²) >= 11 is 0. The van der Waals surface area contributed by atoms with E-state index in [0.717, 1.165) is 0 Å². The number of carbonyl (C=O) groups excluding carboxylic acids is 5. The van der Waals surface area contributed by atoms with Gasteiger partial charge in [0.15, 0.2) is 0 Å². The van der Waals surface area contributed by atoms with E-state index in [9.17, 15) is 33.9 Å². The summed E-state index contributed by atoms with van der Waals surface area (Å²) in [6.07, 6.45) is -0.403. The van der Waals surface area contributed by atoms with Gasteiger partial charge >= 0.3 is 5.97 Å². The van der Waals surface area contributed by atoms with Crippen LogP contribution in [0.3, 0.4) is 0 Å². The fraction of sp³-hybridized carbons (Fsp3) is 0.714. The standard InChI is InChI=1S/C21H38N6O7/c1-5-11(4)17(21(33)34)27-19(31)13(7-9-15(23)29)25-18(30)12(6-8-14(22)28)26-20(32)16(24)10(2)3/h10-13,16-17H,5-9,24H2,1-4H3,(H2,22,28)(H2,23,29)(H,25,30)(H,26,32)(H,27,31)(H,33,34). The minimum atomic E-state index is -1.32. The molecule has 0 aromatic heterocycles. The Morgan fingerprint density at radius 3 is 1.53 bits per heavy atom. The average molecular weight is 487 g/mol. The zero-order valence-electron chi connectivity index (χ0n) is 20.1. The number of amides is 5. The molecular weight excluding hydrogens is 448 g/mol. The molecular formula is C21H38N6O7. The Kier molecular flexibility index (Phi) is 13.4. The van der Waals surface area contributed by atoms with Gasteiger partial charge in [-0.25, -0.2) is 4.79 Å². The van der Waals surface area contributed by atoms with Gasteiger partial charge in [0.1, 0.15) is 18.1 Å². The number of nitrogens with two attached hydrogens (primary N) is 3. The van der Waals surface area contributed by atoms with Crippen molar-refractivity contribution < 1.29 is 33.9 Å². The second kappa shape index (κ2) is 14.8.